The molecule has 4 aliphatic rings. The molecule has 0 aromatic heterocycles. The first kappa shape index (κ1) is 43.2. The predicted octanol–water partition coefficient (Wildman–Crippen LogP) is 15.9. The van der Waals surface area contributed by atoms with E-state index in [1.165, 1.54) is 72.0 Å². The Bertz CT molecular complexity index is 3050. The van der Waals surface area contributed by atoms with Crippen LogP contribution in [0, 0.1) is 5.92 Å². The van der Waals surface area contributed by atoms with Crippen molar-refractivity contribution >= 4 is 74.9 Å². The quantitative estimate of drug-likeness (QED) is 0.154. The second-order valence-electron chi connectivity index (χ2n) is 21.8. The maximum Gasteiger partial charge on any atom is 0.249 e. The smallest absolute Gasteiger partial charge is 0.249 e. The van der Waals surface area contributed by atoms with E-state index in [9.17, 15) is 0 Å². The van der Waals surface area contributed by atoms with Gasteiger partial charge in [0, 0.05) is 56.7 Å². The van der Waals surface area contributed by atoms with Gasteiger partial charge >= 0.3 is 0 Å². The highest BCUT2D eigenvalue weighted by atomic mass is 32.2. The van der Waals surface area contributed by atoms with Crippen LogP contribution in [0.15, 0.2) is 199 Å². The number of benzene rings is 7. The highest BCUT2D eigenvalue weighted by Crippen LogP contribution is 2.55. The maximum absolute atomic E-state index is 2.59. The lowest BCUT2D eigenvalue weighted by atomic mass is 9.31. The topological polar surface area (TPSA) is 9.72 Å². The number of nitrogens with zero attached hydrogens (tertiary/aromatic N) is 3. The minimum absolute atomic E-state index is 0.0527. The second kappa shape index (κ2) is 16.1. The Morgan fingerprint density at radius 2 is 1.00 bits per heavy atom. The van der Waals surface area contributed by atoms with Crippen LogP contribution in [0.5, 0.6) is 0 Å². The molecular formula is C62H60BN3S. The molecule has 5 heteroatoms. The fourth-order valence-corrected chi connectivity index (χ4v) is 12.1. The van der Waals surface area contributed by atoms with Gasteiger partial charge in [-0.15, -0.1) is 11.8 Å². The Labute approximate surface area is 403 Å². The largest absolute Gasteiger partial charge is 0.311 e. The summed E-state index contributed by atoms with van der Waals surface area (Å²) in [6, 6.07) is 62.1. The summed E-state index contributed by atoms with van der Waals surface area (Å²) in [6.45, 7) is 20.6. The molecule has 67 heavy (non-hydrogen) atoms. The fraction of sp³-hybridized carbons (Fsp3) is 0.226. The van der Waals surface area contributed by atoms with E-state index in [0.717, 1.165) is 22.7 Å². The van der Waals surface area contributed by atoms with Crippen molar-refractivity contribution in [1.29, 1.82) is 0 Å². The van der Waals surface area contributed by atoms with Gasteiger partial charge in [-0.05, 0) is 128 Å². The van der Waals surface area contributed by atoms with Gasteiger partial charge in [-0.1, -0.05) is 183 Å². The molecule has 0 saturated carbocycles. The number of thioether (sulfide) groups is 1. The van der Waals surface area contributed by atoms with Crippen LogP contribution in [0.3, 0.4) is 0 Å². The van der Waals surface area contributed by atoms with Crippen molar-refractivity contribution in [3.8, 4) is 11.1 Å². The normalized spacial score (nSPS) is 17.3. The van der Waals surface area contributed by atoms with E-state index in [2.05, 4.69) is 265 Å². The van der Waals surface area contributed by atoms with Crippen molar-refractivity contribution in [2.75, 3.05) is 14.7 Å². The number of hydrogen-bond donors (Lipinski definition) is 0. The molecule has 1 aliphatic carbocycles. The molecule has 0 bridgehead atoms. The zero-order valence-corrected chi connectivity index (χ0v) is 41.2. The Kier molecular flexibility index (Phi) is 10.4. The minimum Gasteiger partial charge on any atom is -0.311 e. The highest BCUT2D eigenvalue weighted by Gasteiger charge is 2.51. The first-order valence-electron chi connectivity index (χ1n) is 24.0. The molecule has 0 spiro atoms. The Hall–Kier alpha value is -6.43. The van der Waals surface area contributed by atoms with E-state index in [1.807, 2.05) is 11.8 Å². The second-order valence-corrected chi connectivity index (χ2v) is 23.0. The van der Waals surface area contributed by atoms with E-state index >= 15 is 0 Å². The van der Waals surface area contributed by atoms with E-state index in [0.29, 0.717) is 5.25 Å². The van der Waals surface area contributed by atoms with Crippen molar-refractivity contribution in [3.63, 3.8) is 0 Å². The molecule has 2 unspecified atom stereocenters. The van der Waals surface area contributed by atoms with Gasteiger partial charge in [-0.3, -0.25) is 0 Å². The molecule has 2 atom stereocenters. The molecule has 0 fully saturated rings. The summed E-state index contributed by atoms with van der Waals surface area (Å²) in [4.78, 5) is 7.57. The molecule has 0 N–H and O–H groups in total. The van der Waals surface area contributed by atoms with Crippen molar-refractivity contribution in [3.05, 3.63) is 215 Å². The third-order valence-electron chi connectivity index (χ3n) is 14.3. The average Bonchev–Trinajstić information content (AvgIpc) is 3.70. The number of allylic oxidation sites excluding steroid dienone is 4. The van der Waals surface area contributed by atoms with Crippen LogP contribution in [0.25, 0.3) is 11.1 Å². The molecule has 332 valence electrons. The van der Waals surface area contributed by atoms with Crippen molar-refractivity contribution in [2.45, 2.75) is 83.8 Å². The van der Waals surface area contributed by atoms with Gasteiger partial charge in [0.25, 0.3) is 0 Å². The molecule has 0 radical (unpaired) electrons. The molecule has 0 saturated heterocycles. The van der Waals surface area contributed by atoms with E-state index < -0.39 is 0 Å². The standard InChI is InChI=1S/C62H60BN3S/c1-60(2,3)43-27-25-41(26-28-43)42-17-15-20-49(39-42)66-54-23-16-22-53-58(54)63(57-51-21-13-14-24-56(51)67-59(57)66)52-38-37-50(40-55(52)65(53)46-18-11-10-12-19-46)64(47-33-29-44(30-34-47)61(4,5)6)48-35-31-45(32-36-48)62(7,8)9/h10-40,51,56H,1-9H3. The Morgan fingerprint density at radius 3 is 1.61 bits per heavy atom. The third kappa shape index (κ3) is 7.56. The number of fused-ring (bicyclic) bond motifs is 5. The number of rotatable bonds is 6. The monoisotopic (exact) mass is 889 g/mol. The zero-order valence-electron chi connectivity index (χ0n) is 40.4. The summed E-state index contributed by atoms with van der Waals surface area (Å²) < 4.78 is 0. The van der Waals surface area contributed by atoms with E-state index in [1.54, 1.807) is 0 Å². The van der Waals surface area contributed by atoms with Crippen LogP contribution >= 0.6 is 11.8 Å². The molecule has 0 amide bonds. The Balaban J connectivity index is 1.11. The average molecular weight is 890 g/mol. The van der Waals surface area contributed by atoms with Gasteiger partial charge in [-0.2, -0.15) is 0 Å². The van der Waals surface area contributed by atoms with Crippen LogP contribution in [0.1, 0.15) is 79.0 Å². The van der Waals surface area contributed by atoms with E-state index in [-0.39, 0.29) is 28.9 Å². The minimum atomic E-state index is 0.0527. The summed E-state index contributed by atoms with van der Waals surface area (Å²) in [5, 5.41) is 1.67. The molecule has 3 aliphatic heterocycles. The zero-order chi connectivity index (χ0) is 46.4. The lowest BCUT2D eigenvalue weighted by Crippen LogP contribution is -2.56. The van der Waals surface area contributed by atoms with Gasteiger partial charge in [0.1, 0.15) is 0 Å². The summed E-state index contributed by atoms with van der Waals surface area (Å²) in [7, 11) is 0. The van der Waals surface area contributed by atoms with Crippen LogP contribution in [-0.4, -0.2) is 12.0 Å². The number of para-hydroxylation sites is 1. The summed E-state index contributed by atoms with van der Waals surface area (Å²) in [5.74, 6) is 0.266. The number of hydrogen-bond acceptors (Lipinski definition) is 4. The van der Waals surface area contributed by atoms with Gasteiger partial charge in [-0.25, -0.2) is 0 Å². The van der Waals surface area contributed by atoms with Crippen molar-refractivity contribution in [2.24, 2.45) is 5.92 Å². The SMILES string of the molecule is CC(C)(C)c1ccc(-c2cccc(N3C4=C(B5c6ccc(N(c7ccc(C(C)(C)C)cc7)c7ccc(C(C)(C)C)cc7)cc6N(c6ccccc6)c6cccc3c65)C3C=CC=CC3S4)c2)cc1. The molecular weight excluding hydrogens is 830 g/mol. The van der Waals surface area contributed by atoms with Crippen molar-refractivity contribution in [1.82, 2.24) is 0 Å². The summed E-state index contributed by atoms with van der Waals surface area (Å²) >= 11 is 2.03. The molecule has 7 aromatic carbocycles. The van der Waals surface area contributed by atoms with Crippen molar-refractivity contribution < 1.29 is 0 Å². The lowest BCUT2D eigenvalue weighted by molar-refractivity contribution is 0.590. The molecule has 7 aromatic rings. The van der Waals surface area contributed by atoms with Crippen LogP contribution in [-0.2, 0) is 16.2 Å². The number of anilines is 8. The van der Waals surface area contributed by atoms with Crippen LogP contribution < -0.4 is 25.6 Å². The summed E-state index contributed by atoms with van der Waals surface area (Å²) in [6.07, 6.45) is 9.39. The maximum atomic E-state index is 2.59. The molecule has 3 nitrogen and oxygen atoms in total. The molecule has 11 rings (SSSR count). The lowest BCUT2D eigenvalue weighted by Gasteiger charge is -2.44. The predicted molar refractivity (Wildman–Crippen MR) is 291 cm³/mol. The highest BCUT2D eigenvalue weighted by molar-refractivity contribution is 8.04. The first-order valence-corrected chi connectivity index (χ1v) is 24.9. The third-order valence-corrected chi connectivity index (χ3v) is 15.7. The first-order chi connectivity index (χ1) is 32.1. The van der Waals surface area contributed by atoms with E-state index in [4.69, 9.17) is 0 Å². The van der Waals surface area contributed by atoms with Gasteiger partial charge < -0.3 is 14.7 Å². The van der Waals surface area contributed by atoms with Gasteiger partial charge in [0.2, 0.25) is 6.71 Å². The van der Waals surface area contributed by atoms with Gasteiger partial charge in [0.15, 0.2) is 0 Å². The summed E-state index contributed by atoms with van der Waals surface area (Å²) in [5.41, 5.74) is 20.3. The Morgan fingerprint density at radius 1 is 0.463 bits per heavy atom. The van der Waals surface area contributed by atoms with Crippen LogP contribution in [0.2, 0.25) is 0 Å². The molecule has 3 heterocycles. The van der Waals surface area contributed by atoms with Gasteiger partial charge in [0.05, 0.1) is 5.03 Å². The fourth-order valence-electron chi connectivity index (χ4n) is 10.6. The van der Waals surface area contributed by atoms with Crippen LogP contribution in [0.4, 0.5) is 45.5 Å².